The van der Waals surface area contributed by atoms with Gasteiger partial charge in [-0.15, -0.1) is 4.48 Å². The zero-order chi connectivity index (χ0) is 31.5. The highest BCUT2D eigenvalue weighted by molar-refractivity contribution is 5.35. The van der Waals surface area contributed by atoms with E-state index in [2.05, 4.69) is 45.0 Å². The van der Waals surface area contributed by atoms with Gasteiger partial charge in [0.1, 0.15) is 5.75 Å². The standard InChI is InChI=1S/C20H27NO3.C8H12.C7H12FN/c1-12(2)19-20(24-16(6)21-19)15(5)23-18-10-9-17(13(3)11-18)8-7-14(4)22;1-4-6-7-8(3)5-2;1-4-5-6-7(2)9(3)8/h9-12,15,22H,4,7-8H2,1-3,5-6H3;4-7H,1H2,2-3H3;4-6H,1-3H3/b;7-6-,8-5-;5-4-,7-6-. The van der Waals surface area contributed by atoms with Crippen LogP contribution in [0, 0.1) is 13.8 Å². The predicted octanol–water partition coefficient (Wildman–Crippen LogP) is 10.5. The largest absolute Gasteiger partial charge is 0.513 e. The van der Waals surface area contributed by atoms with Crippen LogP contribution in [0.5, 0.6) is 5.75 Å². The fraction of sp³-hybridized carbons (Fsp3) is 0.400. The number of hydrogen-bond acceptors (Lipinski definition) is 5. The quantitative estimate of drug-likeness (QED) is 0.167. The molecule has 0 amide bonds. The summed E-state index contributed by atoms with van der Waals surface area (Å²) in [5, 5.41) is 9.82. The maximum Gasteiger partial charge on any atom is 0.191 e. The van der Waals surface area contributed by atoms with Crippen LogP contribution in [0.2, 0.25) is 0 Å². The van der Waals surface area contributed by atoms with E-state index in [4.69, 9.17) is 9.15 Å². The second-order valence-electron chi connectivity index (χ2n) is 9.99. The molecule has 0 bridgehead atoms. The lowest BCUT2D eigenvalue weighted by Gasteiger charge is -2.16. The Balaban J connectivity index is 0.000000773. The molecule has 1 N–H and O–H groups in total. The van der Waals surface area contributed by atoms with Gasteiger partial charge in [0, 0.05) is 26.1 Å². The number of aliphatic hydroxyl groups is 1. The Bertz CT molecular complexity index is 1200. The Morgan fingerprint density at radius 3 is 2.32 bits per heavy atom. The Morgan fingerprint density at radius 1 is 1.17 bits per heavy atom. The summed E-state index contributed by atoms with van der Waals surface area (Å²) in [6.07, 6.45) is 14.3. The third-order valence-electron chi connectivity index (χ3n) is 5.98. The first kappa shape index (κ1) is 37.2. The highest BCUT2D eigenvalue weighted by Gasteiger charge is 2.21. The van der Waals surface area contributed by atoms with Crippen molar-refractivity contribution in [2.45, 2.75) is 87.2 Å². The molecule has 41 heavy (non-hydrogen) atoms. The minimum Gasteiger partial charge on any atom is -0.513 e. The normalized spacial score (nSPS) is 12.5. The summed E-state index contributed by atoms with van der Waals surface area (Å²) in [5.74, 6) is 2.76. The van der Waals surface area contributed by atoms with Gasteiger partial charge in [-0.3, -0.25) is 0 Å². The maximum absolute atomic E-state index is 12.1. The van der Waals surface area contributed by atoms with Crippen molar-refractivity contribution in [1.29, 1.82) is 0 Å². The predicted molar refractivity (Wildman–Crippen MR) is 172 cm³/mol. The van der Waals surface area contributed by atoms with E-state index in [9.17, 15) is 9.59 Å². The van der Waals surface area contributed by atoms with E-state index in [1.165, 1.54) is 18.2 Å². The summed E-state index contributed by atoms with van der Waals surface area (Å²) in [7, 11) is 1.37. The molecule has 1 atom stereocenters. The fourth-order valence-electron chi connectivity index (χ4n) is 3.38. The van der Waals surface area contributed by atoms with Gasteiger partial charge in [0.25, 0.3) is 0 Å². The molecular formula is C35H51FN2O3. The molecule has 2 aromatic rings. The summed E-state index contributed by atoms with van der Waals surface area (Å²) in [4.78, 5) is 4.47. The van der Waals surface area contributed by atoms with E-state index in [0.29, 0.717) is 29.0 Å². The number of halogens is 1. The zero-order valence-corrected chi connectivity index (χ0v) is 26.8. The lowest BCUT2D eigenvalue weighted by molar-refractivity contribution is 0.108. The van der Waals surface area contributed by atoms with E-state index in [1.807, 2.05) is 71.0 Å². The van der Waals surface area contributed by atoms with Crippen LogP contribution in [-0.4, -0.2) is 22.3 Å². The average molecular weight is 567 g/mol. The number of rotatable bonds is 11. The number of aromatic nitrogens is 1. The van der Waals surface area contributed by atoms with Crippen molar-refractivity contribution >= 4 is 0 Å². The molecule has 1 aromatic heterocycles. The smallest absolute Gasteiger partial charge is 0.191 e. The molecule has 0 fully saturated rings. The SMILES string of the molecule is C/C=C\C=C(\C)N(C)F.C=C(O)CCc1ccc(OC(C)c2oc(C)nc2C(C)C)cc1C.C=C/C=C\C(C)=C/C. The van der Waals surface area contributed by atoms with Gasteiger partial charge < -0.3 is 14.3 Å². The zero-order valence-electron chi connectivity index (χ0n) is 26.8. The Labute approximate surface area is 248 Å². The monoisotopic (exact) mass is 566 g/mol. The average Bonchev–Trinajstić information content (AvgIpc) is 3.32. The molecule has 0 saturated heterocycles. The van der Waals surface area contributed by atoms with E-state index in [-0.39, 0.29) is 11.9 Å². The van der Waals surface area contributed by atoms with E-state index < -0.39 is 0 Å². The number of hydrogen-bond donors (Lipinski definition) is 1. The van der Waals surface area contributed by atoms with E-state index in [0.717, 1.165) is 29.2 Å². The van der Waals surface area contributed by atoms with Crippen LogP contribution >= 0.6 is 0 Å². The first-order chi connectivity index (χ1) is 19.3. The summed E-state index contributed by atoms with van der Waals surface area (Å²) in [6, 6.07) is 6.01. The lowest BCUT2D eigenvalue weighted by atomic mass is 10.0. The maximum atomic E-state index is 12.1. The number of ether oxygens (including phenoxy) is 1. The summed E-state index contributed by atoms with van der Waals surface area (Å²) in [5.41, 5.74) is 5.15. The van der Waals surface area contributed by atoms with Gasteiger partial charge in [-0.2, -0.15) is 0 Å². The highest BCUT2D eigenvalue weighted by atomic mass is 19.2. The van der Waals surface area contributed by atoms with Crippen molar-refractivity contribution in [3.63, 3.8) is 0 Å². The van der Waals surface area contributed by atoms with Crippen LogP contribution in [0.25, 0.3) is 0 Å². The van der Waals surface area contributed by atoms with Gasteiger partial charge in [-0.1, -0.05) is 75.1 Å². The van der Waals surface area contributed by atoms with Crippen LogP contribution < -0.4 is 4.74 Å². The molecule has 0 spiro atoms. The number of benzene rings is 1. The van der Waals surface area contributed by atoms with Crippen LogP contribution in [0.4, 0.5) is 4.48 Å². The van der Waals surface area contributed by atoms with Gasteiger partial charge in [0.05, 0.1) is 11.5 Å². The first-order valence-electron chi connectivity index (χ1n) is 14.0. The van der Waals surface area contributed by atoms with Crippen LogP contribution in [-0.2, 0) is 6.42 Å². The molecule has 0 saturated carbocycles. The number of aliphatic hydroxyl groups excluding tert-OH is 1. The van der Waals surface area contributed by atoms with Gasteiger partial charge >= 0.3 is 0 Å². The molecule has 1 unspecified atom stereocenters. The van der Waals surface area contributed by atoms with Crippen LogP contribution in [0.1, 0.15) is 95.4 Å². The first-order valence-corrected chi connectivity index (χ1v) is 14.0. The highest BCUT2D eigenvalue weighted by Crippen LogP contribution is 2.30. The van der Waals surface area contributed by atoms with Crippen LogP contribution in [0.15, 0.2) is 95.3 Å². The number of allylic oxidation sites excluding steroid dienone is 10. The third kappa shape index (κ3) is 15.5. The second-order valence-corrected chi connectivity index (χ2v) is 9.99. The molecule has 0 aliphatic carbocycles. The summed E-state index contributed by atoms with van der Waals surface area (Å²) in [6.45, 7) is 24.8. The van der Waals surface area contributed by atoms with Crippen molar-refractivity contribution in [3.05, 3.63) is 119 Å². The van der Waals surface area contributed by atoms with E-state index in [1.54, 1.807) is 25.2 Å². The minimum absolute atomic E-state index is 0.203. The topological polar surface area (TPSA) is 58.7 Å². The van der Waals surface area contributed by atoms with Gasteiger partial charge in [0.2, 0.25) is 0 Å². The van der Waals surface area contributed by atoms with Crippen molar-refractivity contribution in [1.82, 2.24) is 10.1 Å². The summed E-state index contributed by atoms with van der Waals surface area (Å²) < 4.78 is 24.0. The van der Waals surface area contributed by atoms with Crippen molar-refractivity contribution in [3.8, 4) is 5.75 Å². The Morgan fingerprint density at radius 2 is 1.83 bits per heavy atom. The van der Waals surface area contributed by atoms with Crippen LogP contribution in [0.3, 0.4) is 0 Å². The fourth-order valence-corrected chi connectivity index (χ4v) is 3.38. The molecule has 5 nitrogen and oxygen atoms in total. The van der Waals surface area contributed by atoms with Gasteiger partial charge in [0.15, 0.2) is 17.8 Å². The molecule has 0 radical (unpaired) electrons. The lowest BCUT2D eigenvalue weighted by Crippen LogP contribution is -2.06. The number of nitrogens with zero attached hydrogens (tertiary/aromatic N) is 2. The molecule has 6 heteroatoms. The molecular weight excluding hydrogens is 515 g/mol. The molecule has 0 aliphatic heterocycles. The Kier molecular flexibility index (Phi) is 18.3. The van der Waals surface area contributed by atoms with Gasteiger partial charge in [-0.25, -0.2) is 10.1 Å². The summed E-state index contributed by atoms with van der Waals surface area (Å²) >= 11 is 0. The molecule has 0 aliphatic rings. The van der Waals surface area contributed by atoms with Crippen molar-refractivity contribution in [2.24, 2.45) is 0 Å². The third-order valence-corrected chi connectivity index (χ3v) is 5.98. The van der Waals surface area contributed by atoms with Crippen molar-refractivity contribution < 1.29 is 18.7 Å². The molecule has 1 heterocycles. The van der Waals surface area contributed by atoms with Gasteiger partial charge in [-0.05, 0) is 83.2 Å². The number of aryl methyl sites for hydroxylation is 3. The number of oxazole rings is 1. The van der Waals surface area contributed by atoms with E-state index >= 15 is 0 Å². The Hall–Kier alpha value is -3.80. The molecule has 1 aromatic carbocycles. The molecule has 226 valence electrons. The molecule has 2 rings (SSSR count). The van der Waals surface area contributed by atoms with Crippen molar-refractivity contribution in [2.75, 3.05) is 7.05 Å². The second kappa shape index (κ2) is 20.1. The minimum atomic E-state index is -0.203.